The van der Waals surface area contributed by atoms with E-state index in [2.05, 4.69) is 15.3 Å². The standard InChI is InChI=1S/C21H19FN6O3/c1-11-17-19(30)28(2)20(24)27-21(17,10-31-11)14-7-13(4-5-15(14)22)26-18(29)16-6-3-12(8-23)9-25-16/h3-7,9,11,17H,10H2,1-2H3,(H2,24,27)(H,26,29)/t11-,17+,21-/m1/s1. The summed E-state index contributed by atoms with van der Waals surface area (Å²) in [5.74, 6) is -2.23. The van der Waals surface area contributed by atoms with Gasteiger partial charge < -0.3 is 15.8 Å². The fourth-order valence-corrected chi connectivity index (χ4v) is 3.97. The summed E-state index contributed by atoms with van der Waals surface area (Å²) < 4.78 is 20.7. The second kappa shape index (κ2) is 7.45. The smallest absolute Gasteiger partial charge is 0.274 e. The normalized spacial score (nSPS) is 24.9. The number of fused-ring (bicyclic) bond motifs is 1. The summed E-state index contributed by atoms with van der Waals surface area (Å²) in [6.45, 7) is 1.71. The zero-order valence-corrected chi connectivity index (χ0v) is 16.8. The molecule has 1 saturated heterocycles. The van der Waals surface area contributed by atoms with Crippen LogP contribution in [0.3, 0.4) is 0 Å². The van der Waals surface area contributed by atoms with Crippen LogP contribution >= 0.6 is 0 Å². The highest BCUT2D eigenvalue weighted by molar-refractivity contribution is 6.03. The summed E-state index contributed by atoms with van der Waals surface area (Å²) in [5.41, 5.74) is 5.42. The van der Waals surface area contributed by atoms with E-state index < -0.39 is 29.3 Å². The molecule has 1 aromatic carbocycles. The number of nitrogens with one attached hydrogen (secondary N) is 1. The number of nitriles is 1. The van der Waals surface area contributed by atoms with Crippen molar-refractivity contribution in [3.8, 4) is 6.07 Å². The maximum atomic E-state index is 15.0. The molecule has 3 N–H and O–H groups in total. The van der Waals surface area contributed by atoms with Crippen LogP contribution in [0.5, 0.6) is 0 Å². The molecule has 1 aromatic heterocycles. The van der Waals surface area contributed by atoms with Crippen molar-refractivity contribution in [2.24, 2.45) is 16.6 Å². The number of aliphatic imine (C=N–C) groups is 1. The number of nitrogens with two attached hydrogens (primary N) is 1. The average molecular weight is 422 g/mol. The van der Waals surface area contributed by atoms with Gasteiger partial charge in [0.1, 0.15) is 23.1 Å². The molecule has 158 valence electrons. The summed E-state index contributed by atoms with van der Waals surface area (Å²) in [6, 6.07) is 8.84. The van der Waals surface area contributed by atoms with E-state index in [1.165, 1.54) is 48.5 Å². The van der Waals surface area contributed by atoms with Gasteiger partial charge in [-0.1, -0.05) is 0 Å². The third-order valence-electron chi connectivity index (χ3n) is 5.62. The van der Waals surface area contributed by atoms with Gasteiger partial charge in [0.25, 0.3) is 5.91 Å². The van der Waals surface area contributed by atoms with Gasteiger partial charge in [0.15, 0.2) is 5.96 Å². The van der Waals surface area contributed by atoms with Gasteiger partial charge >= 0.3 is 0 Å². The zero-order valence-electron chi connectivity index (χ0n) is 16.8. The SMILES string of the molecule is C[C@H]1OC[C@]2(c3cc(NC(=O)c4ccc(C#N)cn4)ccc3F)N=C(N)N(C)C(=O)[C@H]12. The minimum absolute atomic E-state index is 0.0232. The first kappa shape index (κ1) is 20.4. The Morgan fingerprint density at radius 1 is 1.42 bits per heavy atom. The molecule has 2 aliphatic heterocycles. The Hall–Kier alpha value is -3.84. The number of hydrogen-bond acceptors (Lipinski definition) is 7. The second-order valence-corrected chi connectivity index (χ2v) is 7.48. The quantitative estimate of drug-likeness (QED) is 0.767. The minimum atomic E-state index is -1.33. The van der Waals surface area contributed by atoms with Crippen LogP contribution in [-0.4, -0.2) is 47.4 Å². The lowest BCUT2D eigenvalue weighted by molar-refractivity contribution is -0.134. The highest BCUT2D eigenvalue weighted by Crippen LogP contribution is 2.47. The fraction of sp³-hybridized carbons (Fsp3) is 0.286. The van der Waals surface area contributed by atoms with E-state index in [4.69, 9.17) is 15.7 Å². The van der Waals surface area contributed by atoms with Gasteiger partial charge in [-0.3, -0.25) is 14.5 Å². The van der Waals surface area contributed by atoms with E-state index in [0.717, 1.165) is 0 Å². The predicted molar refractivity (Wildman–Crippen MR) is 108 cm³/mol. The third kappa shape index (κ3) is 3.29. The molecule has 3 heterocycles. The van der Waals surface area contributed by atoms with Crippen molar-refractivity contribution in [3.63, 3.8) is 0 Å². The number of anilines is 1. The number of aromatic nitrogens is 1. The monoisotopic (exact) mass is 422 g/mol. The first-order chi connectivity index (χ1) is 14.8. The van der Waals surface area contributed by atoms with Crippen molar-refractivity contribution in [1.82, 2.24) is 9.88 Å². The summed E-state index contributed by atoms with van der Waals surface area (Å²) in [4.78, 5) is 35.1. The Morgan fingerprint density at radius 2 is 2.19 bits per heavy atom. The Balaban J connectivity index is 1.71. The maximum Gasteiger partial charge on any atom is 0.274 e. The van der Waals surface area contributed by atoms with E-state index in [1.54, 1.807) is 6.92 Å². The van der Waals surface area contributed by atoms with Gasteiger partial charge in [0.05, 0.1) is 24.2 Å². The molecule has 31 heavy (non-hydrogen) atoms. The molecule has 9 nitrogen and oxygen atoms in total. The van der Waals surface area contributed by atoms with Gasteiger partial charge in [0, 0.05) is 24.5 Å². The highest BCUT2D eigenvalue weighted by Gasteiger charge is 2.58. The summed E-state index contributed by atoms with van der Waals surface area (Å²) in [6.07, 6.45) is 0.792. The molecule has 4 rings (SSSR count). The summed E-state index contributed by atoms with van der Waals surface area (Å²) >= 11 is 0. The van der Waals surface area contributed by atoms with Crippen molar-refractivity contribution in [2.45, 2.75) is 18.6 Å². The van der Waals surface area contributed by atoms with Crippen LogP contribution < -0.4 is 11.1 Å². The zero-order chi connectivity index (χ0) is 22.3. The van der Waals surface area contributed by atoms with Gasteiger partial charge in [-0.05, 0) is 37.3 Å². The van der Waals surface area contributed by atoms with Gasteiger partial charge in [0.2, 0.25) is 5.91 Å². The van der Waals surface area contributed by atoms with Gasteiger partial charge in [-0.25, -0.2) is 14.4 Å². The number of amides is 2. The minimum Gasteiger partial charge on any atom is -0.375 e. The van der Waals surface area contributed by atoms with Crippen LogP contribution in [0.4, 0.5) is 10.1 Å². The molecule has 3 atom stereocenters. The van der Waals surface area contributed by atoms with Crippen LogP contribution in [0.15, 0.2) is 41.5 Å². The highest BCUT2D eigenvalue weighted by atomic mass is 19.1. The largest absolute Gasteiger partial charge is 0.375 e. The lowest BCUT2D eigenvalue weighted by atomic mass is 9.76. The molecule has 0 saturated carbocycles. The van der Waals surface area contributed by atoms with Crippen LogP contribution in [0, 0.1) is 23.1 Å². The molecule has 1 fully saturated rings. The van der Waals surface area contributed by atoms with E-state index in [0.29, 0.717) is 11.3 Å². The van der Waals surface area contributed by atoms with Crippen molar-refractivity contribution < 1.29 is 18.7 Å². The maximum absolute atomic E-state index is 15.0. The molecular weight excluding hydrogens is 403 g/mol. The third-order valence-corrected chi connectivity index (χ3v) is 5.62. The number of carbonyl (C=O) groups excluding carboxylic acids is 2. The Bertz CT molecular complexity index is 1140. The topological polar surface area (TPSA) is 134 Å². The lowest BCUT2D eigenvalue weighted by Gasteiger charge is -2.38. The Kier molecular flexibility index (Phi) is 4.91. The number of nitrogens with zero attached hydrogens (tertiary/aromatic N) is 4. The van der Waals surface area contributed by atoms with Gasteiger partial charge in [-0.2, -0.15) is 5.26 Å². The van der Waals surface area contributed by atoms with E-state index in [1.807, 2.05) is 6.07 Å². The Morgan fingerprint density at radius 3 is 2.87 bits per heavy atom. The fourth-order valence-electron chi connectivity index (χ4n) is 3.97. The summed E-state index contributed by atoms with van der Waals surface area (Å²) in [5, 5.41) is 11.5. The first-order valence-electron chi connectivity index (χ1n) is 9.49. The van der Waals surface area contributed by atoms with Crippen molar-refractivity contribution >= 4 is 23.5 Å². The van der Waals surface area contributed by atoms with Crippen molar-refractivity contribution in [2.75, 3.05) is 19.0 Å². The van der Waals surface area contributed by atoms with E-state index >= 15 is 0 Å². The van der Waals surface area contributed by atoms with Crippen LogP contribution in [0.2, 0.25) is 0 Å². The van der Waals surface area contributed by atoms with Crippen LogP contribution in [0.1, 0.15) is 28.5 Å². The van der Waals surface area contributed by atoms with E-state index in [9.17, 15) is 14.0 Å². The van der Waals surface area contributed by atoms with Crippen LogP contribution in [0.25, 0.3) is 0 Å². The van der Waals surface area contributed by atoms with E-state index in [-0.39, 0.29) is 29.7 Å². The number of carbonyl (C=O) groups is 2. The molecule has 0 aliphatic carbocycles. The first-order valence-corrected chi connectivity index (χ1v) is 9.49. The molecular formula is C21H19FN6O3. The lowest BCUT2D eigenvalue weighted by Crippen LogP contribution is -2.55. The number of halogens is 1. The predicted octanol–water partition coefficient (Wildman–Crippen LogP) is 1.36. The van der Waals surface area contributed by atoms with Crippen molar-refractivity contribution in [1.29, 1.82) is 5.26 Å². The average Bonchev–Trinajstić information content (AvgIpc) is 3.10. The summed E-state index contributed by atoms with van der Waals surface area (Å²) in [7, 11) is 1.51. The molecule has 2 aromatic rings. The molecule has 10 heteroatoms. The number of pyridine rings is 1. The van der Waals surface area contributed by atoms with Crippen LogP contribution in [-0.2, 0) is 15.1 Å². The molecule has 0 spiro atoms. The molecule has 0 bridgehead atoms. The number of benzene rings is 1. The number of guanidine groups is 1. The van der Waals surface area contributed by atoms with Gasteiger partial charge in [-0.15, -0.1) is 0 Å². The number of rotatable bonds is 3. The number of ether oxygens (including phenoxy) is 1. The number of hydrogen-bond donors (Lipinski definition) is 2. The Labute approximate surface area is 177 Å². The molecule has 2 amide bonds. The molecule has 2 aliphatic rings. The molecule has 0 radical (unpaired) electrons. The van der Waals surface area contributed by atoms with Crippen molar-refractivity contribution in [3.05, 3.63) is 59.2 Å². The second-order valence-electron chi connectivity index (χ2n) is 7.48. The molecule has 0 unspecified atom stereocenters.